The minimum atomic E-state index is -1.75. The SMILES string of the molecule is CN[C@H]1C[C@@H](C(=O)O)CC1=C(F)F. The number of carboxylic acid groups (broad SMARTS) is 1. The minimum Gasteiger partial charge on any atom is -0.481 e. The number of likely N-dealkylation sites (N-methyl/N-ethyl adjacent to an activating group) is 1. The van der Waals surface area contributed by atoms with Crippen LogP contribution in [0.1, 0.15) is 12.8 Å². The number of halogens is 2. The van der Waals surface area contributed by atoms with Crippen molar-refractivity contribution in [2.24, 2.45) is 5.92 Å². The molecular weight excluding hydrogens is 180 g/mol. The second-order valence-electron chi connectivity index (χ2n) is 3.10. The second-order valence-corrected chi connectivity index (χ2v) is 3.10. The van der Waals surface area contributed by atoms with Gasteiger partial charge in [-0.1, -0.05) is 0 Å². The highest BCUT2D eigenvalue weighted by molar-refractivity contribution is 5.71. The molecule has 0 heterocycles. The normalized spacial score (nSPS) is 27.8. The summed E-state index contributed by atoms with van der Waals surface area (Å²) in [4.78, 5) is 10.5. The first-order valence-corrected chi connectivity index (χ1v) is 4.00. The number of rotatable bonds is 2. The molecule has 1 aliphatic carbocycles. The Bertz CT molecular complexity index is 249. The van der Waals surface area contributed by atoms with Crippen LogP contribution in [-0.4, -0.2) is 24.2 Å². The van der Waals surface area contributed by atoms with Crippen molar-refractivity contribution in [3.05, 3.63) is 11.7 Å². The molecular formula is C8H11F2NO2. The Morgan fingerprint density at radius 1 is 1.62 bits per heavy atom. The molecule has 13 heavy (non-hydrogen) atoms. The van der Waals surface area contributed by atoms with Crippen LogP contribution in [0.15, 0.2) is 11.7 Å². The van der Waals surface area contributed by atoms with Gasteiger partial charge in [-0.15, -0.1) is 0 Å². The fraction of sp³-hybridized carbons (Fsp3) is 0.625. The number of carbonyl (C=O) groups is 1. The van der Waals surface area contributed by atoms with Crippen LogP contribution >= 0.6 is 0 Å². The molecule has 0 saturated heterocycles. The molecule has 0 radical (unpaired) electrons. The monoisotopic (exact) mass is 191 g/mol. The van der Waals surface area contributed by atoms with Crippen LogP contribution in [-0.2, 0) is 4.79 Å². The molecule has 2 atom stereocenters. The zero-order valence-corrected chi connectivity index (χ0v) is 7.18. The fourth-order valence-corrected chi connectivity index (χ4v) is 1.61. The lowest BCUT2D eigenvalue weighted by atomic mass is 10.1. The van der Waals surface area contributed by atoms with Gasteiger partial charge in [0.15, 0.2) is 0 Å². The van der Waals surface area contributed by atoms with Gasteiger partial charge in [-0.2, -0.15) is 8.78 Å². The van der Waals surface area contributed by atoms with Crippen LogP contribution in [0, 0.1) is 5.92 Å². The van der Waals surface area contributed by atoms with E-state index in [4.69, 9.17) is 5.11 Å². The van der Waals surface area contributed by atoms with Gasteiger partial charge in [-0.3, -0.25) is 4.79 Å². The molecule has 1 saturated carbocycles. The van der Waals surface area contributed by atoms with E-state index >= 15 is 0 Å². The van der Waals surface area contributed by atoms with Gasteiger partial charge in [-0.05, 0) is 19.9 Å². The maximum Gasteiger partial charge on any atom is 0.306 e. The van der Waals surface area contributed by atoms with Gasteiger partial charge in [0, 0.05) is 11.6 Å². The molecule has 3 nitrogen and oxygen atoms in total. The summed E-state index contributed by atoms with van der Waals surface area (Å²) < 4.78 is 24.5. The van der Waals surface area contributed by atoms with Crippen LogP contribution in [0.2, 0.25) is 0 Å². The molecule has 1 aliphatic rings. The average Bonchev–Trinajstić information content (AvgIpc) is 2.47. The Balaban J connectivity index is 2.79. The average molecular weight is 191 g/mol. The molecule has 0 unspecified atom stereocenters. The Morgan fingerprint density at radius 2 is 2.23 bits per heavy atom. The van der Waals surface area contributed by atoms with Gasteiger partial charge in [-0.25, -0.2) is 0 Å². The second kappa shape index (κ2) is 3.83. The summed E-state index contributed by atoms with van der Waals surface area (Å²) in [6.45, 7) is 0. The fourth-order valence-electron chi connectivity index (χ4n) is 1.61. The number of aliphatic carboxylic acids is 1. The smallest absolute Gasteiger partial charge is 0.306 e. The molecule has 0 bridgehead atoms. The largest absolute Gasteiger partial charge is 0.481 e. The van der Waals surface area contributed by atoms with Crippen LogP contribution in [0.3, 0.4) is 0 Å². The van der Waals surface area contributed by atoms with E-state index in [9.17, 15) is 13.6 Å². The first kappa shape index (κ1) is 10.1. The van der Waals surface area contributed by atoms with Crippen molar-refractivity contribution in [3.8, 4) is 0 Å². The van der Waals surface area contributed by atoms with E-state index in [1.54, 1.807) is 7.05 Å². The first-order chi connectivity index (χ1) is 6.06. The van der Waals surface area contributed by atoms with Gasteiger partial charge >= 0.3 is 5.97 Å². The predicted octanol–water partition coefficient (Wildman–Crippen LogP) is 1.22. The molecule has 74 valence electrons. The van der Waals surface area contributed by atoms with Crippen molar-refractivity contribution < 1.29 is 18.7 Å². The molecule has 0 spiro atoms. The minimum absolute atomic E-state index is 0.0385. The molecule has 0 aliphatic heterocycles. The number of hydrogen-bond donors (Lipinski definition) is 2. The summed E-state index contributed by atoms with van der Waals surface area (Å²) in [5, 5.41) is 11.3. The van der Waals surface area contributed by atoms with Gasteiger partial charge < -0.3 is 10.4 Å². The van der Waals surface area contributed by atoms with Crippen molar-refractivity contribution in [3.63, 3.8) is 0 Å². The quantitative estimate of drug-likeness (QED) is 0.690. The third-order valence-electron chi connectivity index (χ3n) is 2.35. The lowest BCUT2D eigenvalue weighted by Crippen LogP contribution is -2.24. The molecule has 2 N–H and O–H groups in total. The van der Waals surface area contributed by atoms with Gasteiger partial charge in [0.2, 0.25) is 0 Å². The first-order valence-electron chi connectivity index (χ1n) is 4.00. The Morgan fingerprint density at radius 3 is 2.54 bits per heavy atom. The number of nitrogens with one attached hydrogen (secondary N) is 1. The zero-order chi connectivity index (χ0) is 10.0. The van der Waals surface area contributed by atoms with E-state index in [1.807, 2.05) is 0 Å². The van der Waals surface area contributed by atoms with Crippen LogP contribution < -0.4 is 5.32 Å². The van der Waals surface area contributed by atoms with Crippen molar-refractivity contribution in [1.82, 2.24) is 5.32 Å². The summed E-state index contributed by atoms with van der Waals surface area (Å²) in [5.41, 5.74) is -0.0603. The lowest BCUT2D eigenvalue weighted by molar-refractivity contribution is -0.141. The van der Waals surface area contributed by atoms with Gasteiger partial charge in [0.05, 0.1) is 5.92 Å². The highest BCUT2D eigenvalue weighted by atomic mass is 19.3. The summed E-state index contributed by atoms with van der Waals surface area (Å²) in [6.07, 6.45) is -1.54. The molecule has 0 amide bonds. The third kappa shape index (κ3) is 2.03. The van der Waals surface area contributed by atoms with E-state index in [-0.39, 0.29) is 18.4 Å². The standard InChI is InChI=1S/C8H11F2NO2/c1-11-6-3-4(8(12)13)2-5(6)7(9)10/h4,6,11H,2-3H2,1H3,(H,12,13)/t4-,6-/m0/s1. The van der Waals surface area contributed by atoms with E-state index in [0.717, 1.165) is 0 Å². The van der Waals surface area contributed by atoms with E-state index in [2.05, 4.69) is 5.32 Å². The van der Waals surface area contributed by atoms with Crippen LogP contribution in [0.25, 0.3) is 0 Å². The molecule has 0 aromatic rings. The molecule has 1 fully saturated rings. The lowest BCUT2D eigenvalue weighted by Gasteiger charge is -2.08. The van der Waals surface area contributed by atoms with Crippen LogP contribution in [0.4, 0.5) is 8.78 Å². The summed E-state index contributed by atoms with van der Waals surface area (Å²) in [6, 6.07) is -0.480. The number of carboxylic acids is 1. The molecule has 0 aromatic heterocycles. The summed E-state index contributed by atoms with van der Waals surface area (Å²) in [5.74, 6) is -1.68. The van der Waals surface area contributed by atoms with E-state index in [0.29, 0.717) is 0 Å². The predicted molar refractivity (Wildman–Crippen MR) is 42.4 cm³/mol. The van der Waals surface area contributed by atoms with E-state index in [1.165, 1.54) is 0 Å². The van der Waals surface area contributed by atoms with E-state index < -0.39 is 24.0 Å². The maximum absolute atomic E-state index is 12.3. The zero-order valence-electron chi connectivity index (χ0n) is 7.18. The van der Waals surface area contributed by atoms with Gasteiger partial charge in [0.25, 0.3) is 6.08 Å². The molecule has 1 rings (SSSR count). The van der Waals surface area contributed by atoms with Gasteiger partial charge in [0.1, 0.15) is 0 Å². The van der Waals surface area contributed by atoms with Crippen molar-refractivity contribution in [2.45, 2.75) is 18.9 Å². The Kier molecular flexibility index (Phi) is 2.98. The maximum atomic E-state index is 12.3. The highest BCUT2D eigenvalue weighted by Gasteiger charge is 2.35. The highest BCUT2D eigenvalue weighted by Crippen LogP contribution is 2.33. The van der Waals surface area contributed by atoms with Crippen molar-refractivity contribution >= 4 is 5.97 Å². The Hall–Kier alpha value is -0.970. The third-order valence-corrected chi connectivity index (χ3v) is 2.35. The molecule has 0 aromatic carbocycles. The van der Waals surface area contributed by atoms with Crippen molar-refractivity contribution in [2.75, 3.05) is 7.05 Å². The summed E-state index contributed by atoms with van der Waals surface area (Å²) >= 11 is 0. The van der Waals surface area contributed by atoms with Crippen LogP contribution in [0.5, 0.6) is 0 Å². The molecule has 5 heteroatoms. The number of hydrogen-bond acceptors (Lipinski definition) is 2. The van der Waals surface area contributed by atoms with Crippen molar-refractivity contribution in [1.29, 1.82) is 0 Å². The Labute approximate surface area is 74.4 Å². The summed E-state index contributed by atoms with van der Waals surface area (Å²) in [7, 11) is 1.55. The topological polar surface area (TPSA) is 49.3 Å².